The second-order valence-corrected chi connectivity index (χ2v) is 4.13. The number of anilines is 1. The van der Waals surface area contributed by atoms with Crippen LogP contribution in [0.3, 0.4) is 0 Å². The second-order valence-electron chi connectivity index (χ2n) is 4.13. The molecule has 0 aliphatic heterocycles. The van der Waals surface area contributed by atoms with Crippen molar-refractivity contribution < 1.29 is 14.3 Å². The second kappa shape index (κ2) is 6.77. The molecule has 0 aliphatic carbocycles. The highest BCUT2D eigenvalue weighted by Gasteiger charge is 2.17. The molecule has 0 bridgehead atoms. The molecule has 1 aromatic heterocycles. The molecule has 106 valence electrons. The number of nitrogens with two attached hydrogens (primary N) is 1. The monoisotopic (exact) mass is 268 g/mol. The number of esters is 1. The number of primary amides is 1. The number of hydrogen-bond acceptors (Lipinski definition) is 5. The van der Waals surface area contributed by atoms with Gasteiger partial charge in [0.15, 0.2) is 0 Å². The zero-order chi connectivity index (χ0) is 14.4. The summed E-state index contributed by atoms with van der Waals surface area (Å²) in [6.07, 6.45) is 0.949. The highest BCUT2D eigenvalue weighted by molar-refractivity contribution is 5.98. The topological polar surface area (TPSA) is 99.2 Å². The molecule has 0 atom stereocenters. The summed E-state index contributed by atoms with van der Waals surface area (Å²) in [6.45, 7) is 4.43. The molecule has 1 aromatic rings. The number of hydrogen-bond donors (Lipinski definition) is 2. The van der Waals surface area contributed by atoms with E-state index in [4.69, 9.17) is 10.5 Å². The van der Waals surface area contributed by atoms with Gasteiger partial charge >= 0.3 is 5.97 Å². The molecule has 0 aliphatic rings. The van der Waals surface area contributed by atoms with Crippen molar-refractivity contribution in [3.63, 3.8) is 0 Å². The third-order valence-electron chi connectivity index (χ3n) is 2.62. The first-order chi connectivity index (χ1) is 8.97. The van der Waals surface area contributed by atoms with Crippen LogP contribution in [0.5, 0.6) is 0 Å². The third kappa shape index (κ3) is 3.97. The van der Waals surface area contributed by atoms with Gasteiger partial charge in [-0.3, -0.25) is 14.3 Å². The predicted molar refractivity (Wildman–Crippen MR) is 70.8 cm³/mol. The van der Waals surface area contributed by atoms with Gasteiger partial charge in [-0.2, -0.15) is 5.10 Å². The quantitative estimate of drug-likeness (QED) is 0.556. The number of carbonyl (C=O) groups excluding carboxylic acids is 2. The Morgan fingerprint density at radius 3 is 2.74 bits per heavy atom. The maximum Gasteiger partial charge on any atom is 0.305 e. The molecule has 3 N–H and O–H groups in total. The molecule has 7 heteroatoms. The van der Waals surface area contributed by atoms with E-state index in [1.807, 2.05) is 0 Å². The molecule has 19 heavy (non-hydrogen) atoms. The molecular formula is C12H20N4O3. The van der Waals surface area contributed by atoms with Crippen molar-refractivity contribution in [2.75, 3.05) is 18.5 Å². The first-order valence-electron chi connectivity index (χ1n) is 6.20. The van der Waals surface area contributed by atoms with Gasteiger partial charge in [0.2, 0.25) is 0 Å². The number of carbonyl (C=O) groups is 2. The lowest BCUT2D eigenvalue weighted by molar-refractivity contribution is -0.143. The van der Waals surface area contributed by atoms with Crippen molar-refractivity contribution in [1.82, 2.24) is 9.78 Å². The van der Waals surface area contributed by atoms with E-state index in [0.29, 0.717) is 43.1 Å². The third-order valence-corrected chi connectivity index (χ3v) is 2.62. The number of rotatable bonds is 7. The maximum atomic E-state index is 11.3. The average Bonchev–Trinajstić information content (AvgIpc) is 2.60. The Hall–Kier alpha value is -2.05. The van der Waals surface area contributed by atoms with Crippen LogP contribution in [0.15, 0.2) is 0 Å². The van der Waals surface area contributed by atoms with Crippen LogP contribution in [0.2, 0.25) is 0 Å². The van der Waals surface area contributed by atoms with Crippen molar-refractivity contribution in [1.29, 1.82) is 0 Å². The van der Waals surface area contributed by atoms with Gasteiger partial charge in [0.25, 0.3) is 5.91 Å². The molecule has 0 aromatic carbocycles. The summed E-state index contributed by atoms with van der Waals surface area (Å²) in [5.41, 5.74) is 6.29. The van der Waals surface area contributed by atoms with Crippen LogP contribution >= 0.6 is 0 Å². The fourth-order valence-electron chi connectivity index (χ4n) is 1.83. The Kier molecular flexibility index (Phi) is 5.35. The summed E-state index contributed by atoms with van der Waals surface area (Å²) < 4.78 is 6.39. The lowest BCUT2D eigenvalue weighted by Gasteiger charge is -2.08. The van der Waals surface area contributed by atoms with Gasteiger partial charge < -0.3 is 15.8 Å². The number of amides is 1. The zero-order valence-corrected chi connectivity index (χ0v) is 11.5. The Morgan fingerprint density at radius 2 is 2.16 bits per heavy atom. The zero-order valence-electron chi connectivity index (χ0n) is 11.5. The Bertz CT molecular complexity index is 468. The van der Waals surface area contributed by atoms with Crippen molar-refractivity contribution in [2.45, 2.75) is 26.7 Å². The lowest BCUT2D eigenvalue weighted by atomic mass is 10.2. The Labute approximate surface area is 112 Å². The summed E-state index contributed by atoms with van der Waals surface area (Å²) in [5, 5.41) is 7.21. The van der Waals surface area contributed by atoms with Gasteiger partial charge in [-0.25, -0.2) is 0 Å². The summed E-state index contributed by atoms with van der Waals surface area (Å²) in [6, 6.07) is 0. The van der Waals surface area contributed by atoms with E-state index in [1.165, 1.54) is 0 Å². The molecule has 0 fully saturated rings. The minimum absolute atomic E-state index is 0.222. The maximum absolute atomic E-state index is 11.3. The van der Waals surface area contributed by atoms with Crippen LogP contribution in [-0.2, 0) is 16.6 Å². The molecule has 1 rings (SSSR count). The van der Waals surface area contributed by atoms with Crippen molar-refractivity contribution in [3.05, 3.63) is 11.3 Å². The minimum atomic E-state index is -0.515. The molecular weight excluding hydrogens is 248 g/mol. The van der Waals surface area contributed by atoms with Crippen LogP contribution in [0.25, 0.3) is 0 Å². The summed E-state index contributed by atoms with van der Waals surface area (Å²) in [4.78, 5) is 22.5. The smallest absolute Gasteiger partial charge is 0.305 e. The Morgan fingerprint density at radius 1 is 1.47 bits per heavy atom. The van der Waals surface area contributed by atoms with Gasteiger partial charge in [-0.15, -0.1) is 0 Å². The number of ether oxygens (including phenoxy) is 1. The number of nitrogens with one attached hydrogen (secondary N) is 1. The van der Waals surface area contributed by atoms with E-state index in [1.54, 1.807) is 25.6 Å². The van der Waals surface area contributed by atoms with E-state index in [-0.39, 0.29) is 5.97 Å². The van der Waals surface area contributed by atoms with Crippen LogP contribution in [-0.4, -0.2) is 34.8 Å². The Balaban J connectivity index is 2.54. The highest BCUT2D eigenvalue weighted by atomic mass is 16.5. The van der Waals surface area contributed by atoms with Gasteiger partial charge in [0, 0.05) is 20.0 Å². The van der Waals surface area contributed by atoms with Gasteiger partial charge in [0.05, 0.1) is 12.3 Å². The first-order valence-corrected chi connectivity index (χ1v) is 6.20. The normalized spacial score (nSPS) is 10.3. The molecule has 0 saturated carbocycles. The van der Waals surface area contributed by atoms with E-state index < -0.39 is 5.91 Å². The highest BCUT2D eigenvalue weighted by Crippen LogP contribution is 2.17. The average molecular weight is 268 g/mol. The van der Waals surface area contributed by atoms with Crippen molar-refractivity contribution in [3.8, 4) is 0 Å². The standard InChI is InChI=1S/C12H20N4O3/c1-4-19-9(17)6-5-7-14-12-10(11(13)18)8(2)15-16(12)3/h14H,4-7H2,1-3H3,(H2,13,18). The van der Waals surface area contributed by atoms with Crippen LogP contribution < -0.4 is 11.1 Å². The summed E-state index contributed by atoms with van der Waals surface area (Å²) in [5.74, 6) is -0.159. The number of nitrogens with zero attached hydrogens (tertiary/aromatic N) is 2. The van der Waals surface area contributed by atoms with E-state index in [9.17, 15) is 9.59 Å². The fourth-order valence-corrected chi connectivity index (χ4v) is 1.83. The number of aromatic nitrogens is 2. The van der Waals surface area contributed by atoms with Gasteiger partial charge in [-0.1, -0.05) is 0 Å². The van der Waals surface area contributed by atoms with E-state index >= 15 is 0 Å². The van der Waals surface area contributed by atoms with Gasteiger partial charge in [-0.05, 0) is 20.3 Å². The molecule has 1 heterocycles. The van der Waals surface area contributed by atoms with Crippen LogP contribution in [0.1, 0.15) is 35.8 Å². The van der Waals surface area contributed by atoms with Crippen molar-refractivity contribution in [2.24, 2.45) is 12.8 Å². The van der Waals surface area contributed by atoms with E-state index in [0.717, 1.165) is 0 Å². The molecule has 0 radical (unpaired) electrons. The molecule has 0 spiro atoms. The summed E-state index contributed by atoms with van der Waals surface area (Å²) >= 11 is 0. The minimum Gasteiger partial charge on any atom is -0.466 e. The molecule has 1 amide bonds. The van der Waals surface area contributed by atoms with Gasteiger partial charge in [0.1, 0.15) is 11.4 Å². The number of aryl methyl sites for hydroxylation is 2. The fraction of sp³-hybridized carbons (Fsp3) is 0.583. The van der Waals surface area contributed by atoms with Crippen molar-refractivity contribution >= 4 is 17.7 Å². The van der Waals surface area contributed by atoms with E-state index in [2.05, 4.69) is 10.4 Å². The summed E-state index contributed by atoms with van der Waals surface area (Å²) in [7, 11) is 1.73. The molecule has 7 nitrogen and oxygen atoms in total. The largest absolute Gasteiger partial charge is 0.466 e. The molecule has 0 saturated heterocycles. The SMILES string of the molecule is CCOC(=O)CCCNc1c(C(N)=O)c(C)nn1C. The lowest BCUT2D eigenvalue weighted by Crippen LogP contribution is -2.16. The van der Waals surface area contributed by atoms with Crippen LogP contribution in [0.4, 0.5) is 5.82 Å². The van der Waals surface area contributed by atoms with Crippen LogP contribution in [0, 0.1) is 6.92 Å². The first kappa shape index (κ1) is 15.0. The predicted octanol–water partition coefficient (Wildman–Crippen LogP) is 0.583. The molecule has 0 unspecified atom stereocenters.